The zero-order chi connectivity index (χ0) is 10.5. The molecule has 3 atom stereocenters. The van der Waals surface area contributed by atoms with E-state index < -0.39 is 0 Å². The fourth-order valence-corrected chi connectivity index (χ4v) is 3.15. The molecule has 2 rings (SSSR count). The molecular formula is C11H21NO2S. The van der Waals surface area contributed by atoms with E-state index in [1.165, 1.54) is 12.8 Å². The molecule has 88 valence electrons. The van der Waals surface area contributed by atoms with Crippen molar-refractivity contribution in [3.63, 3.8) is 0 Å². The van der Waals surface area contributed by atoms with Crippen molar-refractivity contribution >= 4 is 11.8 Å². The first kappa shape index (κ1) is 11.7. The molecule has 0 aromatic heterocycles. The molecule has 0 aromatic carbocycles. The van der Waals surface area contributed by atoms with Crippen molar-refractivity contribution in [2.24, 2.45) is 5.73 Å². The zero-order valence-electron chi connectivity index (χ0n) is 9.19. The molecule has 15 heavy (non-hydrogen) atoms. The SMILES string of the molecule is NC(CCC1CCCO1)C1CSCCO1. The van der Waals surface area contributed by atoms with Crippen molar-refractivity contribution < 1.29 is 9.47 Å². The Morgan fingerprint density at radius 3 is 2.93 bits per heavy atom. The van der Waals surface area contributed by atoms with Gasteiger partial charge in [0.2, 0.25) is 0 Å². The van der Waals surface area contributed by atoms with E-state index in [2.05, 4.69) is 0 Å². The summed E-state index contributed by atoms with van der Waals surface area (Å²) in [7, 11) is 0. The van der Waals surface area contributed by atoms with Crippen molar-refractivity contribution in [3.8, 4) is 0 Å². The summed E-state index contributed by atoms with van der Waals surface area (Å²) < 4.78 is 11.3. The van der Waals surface area contributed by atoms with Crippen LogP contribution in [-0.4, -0.2) is 43.0 Å². The lowest BCUT2D eigenvalue weighted by Crippen LogP contribution is -2.41. The molecule has 2 N–H and O–H groups in total. The van der Waals surface area contributed by atoms with Crippen molar-refractivity contribution in [2.75, 3.05) is 24.7 Å². The first-order chi connectivity index (χ1) is 7.36. The molecule has 2 heterocycles. The molecule has 0 saturated carbocycles. The lowest BCUT2D eigenvalue weighted by molar-refractivity contribution is 0.0467. The van der Waals surface area contributed by atoms with Crippen LogP contribution in [0.15, 0.2) is 0 Å². The first-order valence-electron chi connectivity index (χ1n) is 5.93. The van der Waals surface area contributed by atoms with Crippen LogP contribution in [-0.2, 0) is 9.47 Å². The van der Waals surface area contributed by atoms with E-state index in [0.717, 1.165) is 37.6 Å². The molecule has 4 heteroatoms. The van der Waals surface area contributed by atoms with Gasteiger partial charge in [-0.05, 0) is 25.7 Å². The van der Waals surface area contributed by atoms with Crippen LogP contribution in [0.4, 0.5) is 0 Å². The molecule has 0 aromatic rings. The first-order valence-corrected chi connectivity index (χ1v) is 7.08. The minimum Gasteiger partial charge on any atom is -0.378 e. The van der Waals surface area contributed by atoms with Crippen molar-refractivity contribution in [3.05, 3.63) is 0 Å². The third-order valence-corrected chi connectivity index (χ3v) is 4.18. The van der Waals surface area contributed by atoms with Gasteiger partial charge in [0.1, 0.15) is 0 Å². The largest absolute Gasteiger partial charge is 0.378 e. The van der Waals surface area contributed by atoms with Crippen LogP contribution in [0.1, 0.15) is 25.7 Å². The molecule has 2 aliphatic rings. The van der Waals surface area contributed by atoms with Gasteiger partial charge < -0.3 is 15.2 Å². The predicted molar refractivity (Wildman–Crippen MR) is 63.2 cm³/mol. The van der Waals surface area contributed by atoms with Crippen molar-refractivity contribution in [1.82, 2.24) is 0 Å². The number of hydrogen-bond acceptors (Lipinski definition) is 4. The third kappa shape index (κ3) is 3.63. The summed E-state index contributed by atoms with van der Waals surface area (Å²) in [6, 6.07) is 0.196. The Balaban J connectivity index is 1.64. The lowest BCUT2D eigenvalue weighted by Gasteiger charge is -2.28. The van der Waals surface area contributed by atoms with Gasteiger partial charge in [0.05, 0.1) is 18.8 Å². The van der Waals surface area contributed by atoms with Gasteiger partial charge >= 0.3 is 0 Å². The average molecular weight is 231 g/mol. The summed E-state index contributed by atoms with van der Waals surface area (Å²) in [5.74, 6) is 2.18. The Labute approximate surface area is 96.1 Å². The maximum absolute atomic E-state index is 6.13. The highest BCUT2D eigenvalue weighted by Crippen LogP contribution is 2.21. The number of rotatable bonds is 4. The minimum atomic E-state index is 0.196. The summed E-state index contributed by atoms with van der Waals surface area (Å²) in [6.45, 7) is 1.80. The molecule has 0 spiro atoms. The topological polar surface area (TPSA) is 44.5 Å². The Hall–Kier alpha value is 0.230. The Kier molecular flexibility index (Phi) is 4.75. The summed E-state index contributed by atoms with van der Waals surface area (Å²) >= 11 is 1.95. The van der Waals surface area contributed by atoms with E-state index in [4.69, 9.17) is 15.2 Å². The molecule has 3 nitrogen and oxygen atoms in total. The van der Waals surface area contributed by atoms with Crippen LogP contribution in [0.2, 0.25) is 0 Å². The van der Waals surface area contributed by atoms with Crippen LogP contribution >= 0.6 is 11.8 Å². The van der Waals surface area contributed by atoms with Gasteiger partial charge in [-0.25, -0.2) is 0 Å². The summed E-state index contributed by atoms with van der Waals surface area (Å²) in [5.41, 5.74) is 6.13. The van der Waals surface area contributed by atoms with Gasteiger partial charge in [0.25, 0.3) is 0 Å². The van der Waals surface area contributed by atoms with Crippen LogP contribution in [0.3, 0.4) is 0 Å². The third-order valence-electron chi connectivity index (χ3n) is 3.17. The molecule has 2 saturated heterocycles. The number of hydrogen-bond donors (Lipinski definition) is 1. The van der Waals surface area contributed by atoms with E-state index >= 15 is 0 Å². The summed E-state index contributed by atoms with van der Waals surface area (Å²) in [5, 5.41) is 0. The van der Waals surface area contributed by atoms with Gasteiger partial charge in [-0.3, -0.25) is 0 Å². The quantitative estimate of drug-likeness (QED) is 0.794. The standard InChI is InChI=1S/C11H21NO2S/c12-10(11-8-15-7-6-14-11)4-3-9-2-1-5-13-9/h9-11H,1-8,12H2. The Morgan fingerprint density at radius 1 is 1.33 bits per heavy atom. The Morgan fingerprint density at radius 2 is 2.27 bits per heavy atom. The maximum Gasteiger partial charge on any atom is 0.0816 e. The fraction of sp³-hybridized carbons (Fsp3) is 1.00. The molecule has 2 aliphatic heterocycles. The molecule has 3 unspecified atom stereocenters. The van der Waals surface area contributed by atoms with Crippen molar-refractivity contribution in [2.45, 2.75) is 43.9 Å². The van der Waals surface area contributed by atoms with E-state index in [1.54, 1.807) is 0 Å². The highest BCUT2D eigenvalue weighted by Gasteiger charge is 2.23. The second-order valence-electron chi connectivity index (χ2n) is 4.36. The van der Waals surface area contributed by atoms with Gasteiger partial charge in [0, 0.05) is 24.2 Å². The summed E-state index contributed by atoms with van der Waals surface area (Å²) in [6.07, 6.45) is 5.31. The van der Waals surface area contributed by atoms with Crippen LogP contribution in [0.5, 0.6) is 0 Å². The second kappa shape index (κ2) is 6.09. The number of thioether (sulfide) groups is 1. The van der Waals surface area contributed by atoms with Crippen LogP contribution in [0.25, 0.3) is 0 Å². The highest BCUT2D eigenvalue weighted by atomic mass is 32.2. The van der Waals surface area contributed by atoms with Crippen molar-refractivity contribution in [1.29, 1.82) is 0 Å². The molecule has 2 fully saturated rings. The molecular weight excluding hydrogens is 210 g/mol. The maximum atomic E-state index is 6.13. The molecule has 0 bridgehead atoms. The predicted octanol–water partition coefficient (Wildman–Crippen LogP) is 1.40. The zero-order valence-corrected chi connectivity index (χ0v) is 10.0. The van der Waals surface area contributed by atoms with E-state index in [0.29, 0.717) is 6.10 Å². The van der Waals surface area contributed by atoms with Gasteiger partial charge in [0.15, 0.2) is 0 Å². The highest BCUT2D eigenvalue weighted by molar-refractivity contribution is 7.99. The normalized spacial score (nSPS) is 34.2. The summed E-state index contributed by atoms with van der Waals surface area (Å²) in [4.78, 5) is 0. The van der Waals surface area contributed by atoms with E-state index in [-0.39, 0.29) is 12.1 Å². The van der Waals surface area contributed by atoms with Gasteiger partial charge in [-0.2, -0.15) is 11.8 Å². The number of ether oxygens (including phenoxy) is 2. The van der Waals surface area contributed by atoms with Crippen LogP contribution < -0.4 is 5.73 Å². The molecule has 0 aliphatic carbocycles. The lowest BCUT2D eigenvalue weighted by atomic mass is 10.0. The number of nitrogens with two attached hydrogens (primary N) is 1. The smallest absolute Gasteiger partial charge is 0.0816 e. The average Bonchev–Trinajstić information content (AvgIpc) is 2.80. The molecule has 0 amide bonds. The Bertz CT molecular complexity index is 179. The van der Waals surface area contributed by atoms with Crippen LogP contribution in [0, 0.1) is 0 Å². The van der Waals surface area contributed by atoms with Gasteiger partial charge in [-0.15, -0.1) is 0 Å². The van der Waals surface area contributed by atoms with E-state index in [9.17, 15) is 0 Å². The monoisotopic (exact) mass is 231 g/mol. The molecule has 0 radical (unpaired) electrons. The van der Waals surface area contributed by atoms with Gasteiger partial charge in [-0.1, -0.05) is 0 Å². The minimum absolute atomic E-state index is 0.196. The second-order valence-corrected chi connectivity index (χ2v) is 5.51. The fourth-order valence-electron chi connectivity index (χ4n) is 2.19. The van der Waals surface area contributed by atoms with E-state index in [1.807, 2.05) is 11.8 Å².